The van der Waals surface area contributed by atoms with Crippen LogP contribution >= 0.6 is 0 Å². The van der Waals surface area contributed by atoms with Crippen molar-refractivity contribution in [3.63, 3.8) is 0 Å². The van der Waals surface area contributed by atoms with Crippen molar-refractivity contribution >= 4 is 79.4 Å². The first-order valence-corrected chi connectivity index (χ1v) is 21.2. The lowest BCUT2D eigenvalue weighted by Crippen LogP contribution is -2.63. The lowest BCUT2D eigenvalue weighted by atomic mass is 9.33. The Morgan fingerprint density at radius 2 is 1.37 bits per heavy atom. The molecule has 0 aromatic heterocycles. The van der Waals surface area contributed by atoms with Crippen molar-refractivity contribution < 1.29 is 0 Å². The first kappa shape index (κ1) is 35.7. The number of benzene rings is 7. The van der Waals surface area contributed by atoms with Crippen molar-refractivity contribution in [1.29, 1.82) is 0 Å². The van der Waals surface area contributed by atoms with Crippen molar-refractivity contribution in [3.05, 3.63) is 163 Å². The number of para-hydroxylation sites is 2. The van der Waals surface area contributed by atoms with Gasteiger partial charge in [0.05, 0.1) is 5.69 Å². The van der Waals surface area contributed by atoms with Gasteiger partial charge in [0.15, 0.2) is 0 Å². The highest BCUT2D eigenvalue weighted by Crippen LogP contribution is 2.51. The van der Waals surface area contributed by atoms with Crippen LogP contribution in [0.4, 0.5) is 45.5 Å². The van der Waals surface area contributed by atoms with E-state index in [1.54, 1.807) is 0 Å². The number of nitrogens with zero attached hydrogens (tertiary/aromatic N) is 3. The molecule has 1 atom stereocenters. The van der Waals surface area contributed by atoms with Crippen LogP contribution in [-0.4, -0.2) is 12.3 Å². The Morgan fingerprint density at radius 1 is 0.649 bits per heavy atom. The summed E-state index contributed by atoms with van der Waals surface area (Å²) in [5.74, 6) is 0. The summed E-state index contributed by atoms with van der Waals surface area (Å²) in [4.78, 5) is 7.78. The monoisotopic (exact) mass is 741 g/mol. The molecular formula is C53H52BN3. The fourth-order valence-corrected chi connectivity index (χ4v) is 10.3. The summed E-state index contributed by atoms with van der Waals surface area (Å²) in [6, 6.07) is 57.2. The van der Waals surface area contributed by atoms with Crippen LogP contribution in [0.25, 0.3) is 10.8 Å². The molecule has 7 aromatic carbocycles. The molecule has 1 unspecified atom stereocenters. The fraction of sp³-hybridized carbons (Fsp3) is 0.245. The van der Waals surface area contributed by atoms with E-state index >= 15 is 0 Å². The van der Waals surface area contributed by atoms with Gasteiger partial charge in [-0.15, -0.1) is 0 Å². The molecule has 3 nitrogen and oxygen atoms in total. The van der Waals surface area contributed by atoms with Crippen molar-refractivity contribution in [2.75, 3.05) is 14.7 Å². The molecule has 4 heteroatoms. The molecule has 57 heavy (non-hydrogen) atoms. The summed E-state index contributed by atoms with van der Waals surface area (Å²) < 4.78 is 0. The van der Waals surface area contributed by atoms with Gasteiger partial charge in [-0.3, -0.25) is 0 Å². The van der Waals surface area contributed by atoms with Crippen molar-refractivity contribution in [1.82, 2.24) is 0 Å². The maximum absolute atomic E-state index is 2.77. The van der Waals surface area contributed by atoms with Crippen molar-refractivity contribution in [2.24, 2.45) is 0 Å². The highest BCUT2D eigenvalue weighted by Gasteiger charge is 2.50. The van der Waals surface area contributed by atoms with Crippen LogP contribution in [0.3, 0.4) is 0 Å². The van der Waals surface area contributed by atoms with E-state index in [1.807, 2.05) is 0 Å². The summed E-state index contributed by atoms with van der Waals surface area (Å²) in [5, 5.41) is 2.47. The first-order valence-electron chi connectivity index (χ1n) is 21.2. The van der Waals surface area contributed by atoms with E-state index in [1.165, 1.54) is 105 Å². The summed E-state index contributed by atoms with van der Waals surface area (Å²) >= 11 is 0. The molecule has 0 N–H and O–H groups in total. The van der Waals surface area contributed by atoms with E-state index < -0.39 is 0 Å². The zero-order valence-electron chi connectivity index (χ0n) is 34.1. The molecule has 282 valence electrons. The number of hydrogen-bond acceptors (Lipinski definition) is 3. The normalized spacial score (nSPS) is 16.4. The van der Waals surface area contributed by atoms with E-state index in [0.29, 0.717) is 0 Å². The molecular weight excluding hydrogens is 689 g/mol. The molecule has 0 fully saturated rings. The fourth-order valence-electron chi connectivity index (χ4n) is 10.3. The Labute approximate surface area is 339 Å². The Morgan fingerprint density at radius 3 is 2.18 bits per heavy atom. The first-order chi connectivity index (χ1) is 27.7. The lowest BCUT2D eigenvalue weighted by Gasteiger charge is -2.47. The van der Waals surface area contributed by atoms with E-state index in [-0.39, 0.29) is 17.7 Å². The minimum atomic E-state index is 0.0372. The molecule has 0 spiro atoms. The maximum Gasteiger partial charge on any atom is 0.252 e. The summed E-state index contributed by atoms with van der Waals surface area (Å²) in [6.07, 6.45) is 7.41. The molecule has 0 radical (unpaired) electrons. The largest absolute Gasteiger partial charge is 0.336 e. The molecule has 0 bridgehead atoms. The SMILES string of the molecule is CCCCCCC1(C)Cc2cccc3c2N1c1cccc2c1B3c1ccc(N(c3ccc(C(C)(C)C)cc3)c3cccc4ccccc34)cc1N2c1ccccc1. The van der Waals surface area contributed by atoms with Gasteiger partial charge in [-0.25, -0.2) is 0 Å². The number of rotatable bonds is 9. The molecule has 7 aromatic rings. The minimum Gasteiger partial charge on any atom is -0.336 e. The highest BCUT2D eigenvalue weighted by molar-refractivity contribution is 7.00. The molecule has 0 saturated carbocycles. The Hall–Kier alpha value is -5.74. The molecule has 3 aliphatic rings. The molecule has 0 aliphatic carbocycles. The van der Waals surface area contributed by atoms with Gasteiger partial charge >= 0.3 is 0 Å². The lowest BCUT2D eigenvalue weighted by molar-refractivity contribution is 0.419. The van der Waals surface area contributed by atoms with Crippen LogP contribution in [-0.2, 0) is 11.8 Å². The smallest absolute Gasteiger partial charge is 0.252 e. The van der Waals surface area contributed by atoms with Crippen LogP contribution in [0.5, 0.6) is 0 Å². The van der Waals surface area contributed by atoms with Gasteiger partial charge in [0.2, 0.25) is 0 Å². The number of unbranched alkanes of at least 4 members (excludes halogenated alkanes) is 3. The van der Waals surface area contributed by atoms with E-state index in [2.05, 4.69) is 201 Å². The second kappa shape index (κ2) is 13.7. The predicted molar refractivity (Wildman–Crippen MR) is 246 cm³/mol. The van der Waals surface area contributed by atoms with Crippen LogP contribution in [0.2, 0.25) is 0 Å². The molecule has 0 amide bonds. The average Bonchev–Trinajstić information content (AvgIpc) is 3.54. The highest BCUT2D eigenvalue weighted by atomic mass is 15.2. The number of fused-ring (bicyclic) bond motifs is 5. The number of hydrogen-bond donors (Lipinski definition) is 0. The Kier molecular flexibility index (Phi) is 8.59. The molecule has 0 saturated heterocycles. The van der Waals surface area contributed by atoms with Crippen molar-refractivity contribution in [2.45, 2.75) is 84.1 Å². The topological polar surface area (TPSA) is 9.72 Å². The van der Waals surface area contributed by atoms with Gasteiger partial charge in [-0.05, 0) is 113 Å². The van der Waals surface area contributed by atoms with Crippen LogP contribution in [0.1, 0.15) is 77.8 Å². The van der Waals surface area contributed by atoms with Crippen LogP contribution < -0.4 is 31.1 Å². The molecule has 3 aliphatic heterocycles. The standard InChI is InChI=1S/C53H52BN3/c1-6-7-8-14-34-53(5)36-38-20-15-24-45-51(38)57(53)48-27-17-26-47-50(48)54(45)44-33-32-42(35-49(44)56(47)40-21-10-9-11-22-40)55(41-30-28-39(29-31-41)52(2,3)4)46-25-16-19-37-18-12-13-23-43(37)46/h9-13,15-33,35H,6-8,14,34,36H2,1-5H3. The van der Waals surface area contributed by atoms with E-state index in [0.717, 1.165) is 17.8 Å². The second-order valence-electron chi connectivity index (χ2n) is 17.9. The van der Waals surface area contributed by atoms with Crippen LogP contribution in [0.15, 0.2) is 152 Å². The van der Waals surface area contributed by atoms with Crippen LogP contribution in [0, 0.1) is 0 Å². The summed E-state index contributed by atoms with van der Waals surface area (Å²) in [5.41, 5.74) is 17.1. The summed E-state index contributed by atoms with van der Waals surface area (Å²) in [6.45, 7) is 11.8. The Balaban J connectivity index is 1.19. The molecule has 3 heterocycles. The van der Waals surface area contributed by atoms with E-state index in [4.69, 9.17) is 0 Å². The quantitative estimate of drug-likeness (QED) is 0.108. The third kappa shape index (κ3) is 5.79. The van der Waals surface area contributed by atoms with Gasteiger partial charge in [0, 0.05) is 50.7 Å². The van der Waals surface area contributed by atoms with Gasteiger partial charge in [0.1, 0.15) is 0 Å². The Bertz CT molecular complexity index is 2620. The van der Waals surface area contributed by atoms with Gasteiger partial charge in [0.25, 0.3) is 6.71 Å². The molecule has 10 rings (SSSR count). The predicted octanol–water partition coefficient (Wildman–Crippen LogP) is 12.6. The van der Waals surface area contributed by atoms with Gasteiger partial charge in [-0.2, -0.15) is 0 Å². The minimum absolute atomic E-state index is 0.0372. The maximum atomic E-state index is 2.77. The second-order valence-corrected chi connectivity index (χ2v) is 17.9. The van der Waals surface area contributed by atoms with Crippen molar-refractivity contribution in [3.8, 4) is 0 Å². The third-order valence-corrected chi connectivity index (χ3v) is 13.0. The third-order valence-electron chi connectivity index (χ3n) is 13.0. The zero-order chi connectivity index (χ0) is 38.9. The summed E-state index contributed by atoms with van der Waals surface area (Å²) in [7, 11) is 0. The zero-order valence-corrected chi connectivity index (χ0v) is 34.1. The van der Waals surface area contributed by atoms with Gasteiger partial charge < -0.3 is 14.7 Å². The number of anilines is 8. The van der Waals surface area contributed by atoms with E-state index in [9.17, 15) is 0 Å². The average molecular weight is 742 g/mol. The van der Waals surface area contributed by atoms with Gasteiger partial charge in [-0.1, -0.05) is 150 Å².